The number of rotatable bonds is 2. The van der Waals surface area contributed by atoms with Crippen LogP contribution in [0.5, 0.6) is 0 Å². The lowest BCUT2D eigenvalue weighted by Gasteiger charge is -2.14. The lowest BCUT2D eigenvalue weighted by atomic mass is 9.97. The van der Waals surface area contributed by atoms with E-state index in [-0.39, 0.29) is 5.56 Å². The zero-order valence-corrected chi connectivity index (χ0v) is 10.2. The molecule has 0 spiro atoms. The fourth-order valence-corrected chi connectivity index (χ4v) is 1.97. The zero-order chi connectivity index (χ0) is 14.0. The van der Waals surface area contributed by atoms with Crippen molar-refractivity contribution in [2.24, 2.45) is 0 Å². The van der Waals surface area contributed by atoms with Crippen molar-refractivity contribution in [3.05, 3.63) is 53.9 Å². The summed E-state index contributed by atoms with van der Waals surface area (Å²) in [4.78, 5) is 15.2. The molecule has 0 aliphatic carbocycles. The van der Waals surface area contributed by atoms with Crippen LogP contribution < -0.4 is 0 Å². The fraction of sp³-hybridized carbons (Fsp3) is 0.0769. The summed E-state index contributed by atoms with van der Waals surface area (Å²) < 4.78 is 38.6. The molecule has 1 aromatic heterocycles. The number of pyridine rings is 1. The summed E-state index contributed by atoms with van der Waals surface area (Å²) in [6, 6.07) is 6.59. The highest BCUT2D eigenvalue weighted by atomic mass is 35.5. The summed E-state index contributed by atoms with van der Waals surface area (Å²) in [7, 11) is 0. The number of hydrogen-bond acceptors (Lipinski definition) is 2. The van der Waals surface area contributed by atoms with Crippen LogP contribution >= 0.6 is 11.6 Å². The summed E-state index contributed by atoms with van der Waals surface area (Å²) in [6.45, 7) is 0. The van der Waals surface area contributed by atoms with Crippen LogP contribution in [-0.2, 0) is 6.18 Å². The Balaban J connectivity index is 2.73. The molecular formula is C13H7ClF3NO. The van der Waals surface area contributed by atoms with E-state index >= 15 is 0 Å². The van der Waals surface area contributed by atoms with Gasteiger partial charge in [0.1, 0.15) is 0 Å². The zero-order valence-electron chi connectivity index (χ0n) is 9.41. The fourth-order valence-electron chi connectivity index (χ4n) is 1.76. The van der Waals surface area contributed by atoms with Gasteiger partial charge < -0.3 is 0 Å². The Bertz CT molecular complexity index is 611. The third kappa shape index (κ3) is 2.76. The summed E-state index contributed by atoms with van der Waals surface area (Å²) in [5.41, 5.74) is -1.08. The molecule has 2 aromatic rings. The van der Waals surface area contributed by atoms with E-state index < -0.39 is 22.5 Å². The molecule has 0 radical (unpaired) electrons. The smallest absolute Gasteiger partial charge is 0.276 e. The normalized spacial score (nSPS) is 11.4. The van der Waals surface area contributed by atoms with Crippen molar-refractivity contribution >= 4 is 16.8 Å². The molecule has 0 aliphatic heterocycles. The van der Waals surface area contributed by atoms with E-state index in [1.807, 2.05) is 0 Å². The van der Waals surface area contributed by atoms with Crippen LogP contribution in [0.3, 0.4) is 0 Å². The van der Waals surface area contributed by atoms with Crippen LogP contribution in [0.1, 0.15) is 15.9 Å². The molecule has 0 amide bonds. The number of halogens is 4. The molecule has 1 heterocycles. The van der Waals surface area contributed by atoms with E-state index in [0.29, 0.717) is 5.56 Å². The summed E-state index contributed by atoms with van der Waals surface area (Å²) >= 11 is 5.31. The third-order valence-electron chi connectivity index (χ3n) is 2.54. The molecule has 19 heavy (non-hydrogen) atoms. The van der Waals surface area contributed by atoms with E-state index in [0.717, 1.165) is 6.07 Å². The molecule has 0 bridgehead atoms. The van der Waals surface area contributed by atoms with Gasteiger partial charge in [-0.25, -0.2) is 0 Å². The first-order chi connectivity index (χ1) is 8.91. The third-order valence-corrected chi connectivity index (χ3v) is 2.73. The van der Waals surface area contributed by atoms with Crippen molar-refractivity contribution in [1.29, 1.82) is 0 Å². The number of benzene rings is 1. The number of alkyl halides is 3. The highest BCUT2D eigenvalue weighted by Gasteiger charge is 2.36. The topological polar surface area (TPSA) is 30.0 Å². The molecule has 1 aromatic carbocycles. The maximum atomic E-state index is 12.9. The van der Waals surface area contributed by atoms with Crippen molar-refractivity contribution in [3.8, 4) is 11.1 Å². The van der Waals surface area contributed by atoms with Gasteiger partial charge in [0.25, 0.3) is 5.24 Å². The predicted molar refractivity (Wildman–Crippen MR) is 64.9 cm³/mol. The lowest BCUT2D eigenvalue weighted by molar-refractivity contribution is -0.137. The molecule has 98 valence electrons. The maximum Gasteiger partial charge on any atom is 0.417 e. The SMILES string of the molecule is O=C(Cl)c1c(-c2cccnc2)cccc1C(F)(F)F. The van der Waals surface area contributed by atoms with Crippen LogP contribution in [0.25, 0.3) is 11.1 Å². The minimum absolute atomic E-state index is 0.114. The molecule has 0 fully saturated rings. The molecule has 2 nitrogen and oxygen atoms in total. The Morgan fingerprint density at radius 3 is 2.42 bits per heavy atom. The van der Waals surface area contributed by atoms with Crippen molar-refractivity contribution in [2.45, 2.75) is 6.18 Å². The molecule has 6 heteroatoms. The number of nitrogens with zero attached hydrogens (tertiary/aromatic N) is 1. The molecular weight excluding hydrogens is 279 g/mol. The molecule has 0 unspecified atom stereocenters. The minimum atomic E-state index is -4.64. The molecule has 0 aliphatic rings. The van der Waals surface area contributed by atoms with E-state index in [1.54, 1.807) is 12.1 Å². The first-order valence-corrected chi connectivity index (χ1v) is 5.59. The Morgan fingerprint density at radius 2 is 1.89 bits per heavy atom. The molecule has 0 N–H and O–H groups in total. The van der Waals surface area contributed by atoms with Gasteiger partial charge in [-0.05, 0) is 29.3 Å². The van der Waals surface area contributed by atoms with E-state index in [1.165, 1.54) is 24.5 Å². The highest BCUT2D eigenvalue weighted by Crippen LogP contribution is 2.37. The average Bonchev–Trinajstić information content (AvgIpc) is 2.37. The number of carbonyl (C=O) groups excluding carboxylic acids is 1. The van der Waals surface area contributed by atoms with Gasteiger partial charge in [0.2, 0.25) is 0 Å². The van der Waals surface area contributed by atoms with Crippen molar-refractivity contribution in [2.75, 3.05) is 0 Å². The largest absolute Gasteiger partial charge is 0.417 e. The van der Waals surface area contributed by atoms with Gasteiger partial charge in [0.15, 0.2) is 0 Å². The summed E-state index contributed by atoms with van der Waals surface area (Å²) in [5, 5.41) is -1.15. The van der Waals surface area contributed by atoms with Gasteiger partial charge in [-0.15, -0.1) is 0 Å². The van der Waals surface area contributed by atoms with Crippen LogP contribution in [0.2, 0.25) is 0 Å². The number of carbonyl (C=O) groups is 1. The predicted octanol–water partition coefficient (Wildman–Crippen LogP) is 4.15. The average molecular weight is 286 g/mol. The Hall–Kier alpha value is -1.88. The van der Waals surface area contributed by atoms with Gasteiger partial charge in [-0.3, -0.25) is 9.78 Å². The van der Waals surface area contributed by atoms with Crippen LogP contribution in [0.4, 0.5) is 13.2 Å². The quantitative estimate of drug-likeness (QED) is 0.776. The Morgan fingerprint density at radius 1 is 1.16 bits per heavy atom. The van der Waals surface area contributed by atoms with Gasteiger partial charge in [0.05, 0.1) is 11.1 Å². The second-order valence-electron chi connectivity index (χ2n) is 3.74. The highest BCUT2D eigenvalue weighted by molar-refractivity contribution is 6.68. The Kier molecular flexibility index (Phi) is 3.57. The van der Waals surface area contributed by atoms with Crippen LogP contribution in [0.15, 0.2) is 42.7 Å². The van der Waals surface area contributed by atoms with Crippen LogP contribution in [0, 0.1) is 0 Å². The monoisotopic (exact) mass is 285 g/mol. The summed E-state index contributed by atoms with van der Waals surface area (Å²) in [5.74, 6) is 0. The number of aromatic nitrogens is 1. The van der Waals surface area contributed by atoms with Gasteiger partial charge in [-0.2, -0.15) is 13.2 Å². The second kappa shape index (κ2) is 5.01. The van der Waals surface area contributed by atoms with Crippen LogP contribution in [-0.4, -0.2) is 10.2 Å². The van der Waals surface area contributed by atoms with E-state index in [9.17, 15) is 18.0 Å². The minimum Gasteiger partial charge on any atom is -0.276 e. The molecule has 0 atom stereocenters. The maximum absolute atomic E-state index is 12.9. The van der Waals surface area contributed by atoms with Crippen molar-refractivity contribution in [1.82, 2.24) is 4.98 Å². The lowest BCUT2D eigenvalue weighted by Crippen LogP contribution is -2.12. The summed E-state index contributed by atoms with van der Waals surface area (Å²) in [6.07, 6.45) is -1.78. The molecule has 0 saturated heterocycles. The Labute approximate surface area is 111 Å². The van der Waals surface area contributed by atoms with Crippen molar-refractivity contribution in [3.63, 3.8) is 0 Å². The second-order valence-corrected chi connectivity index (χ2v) is 4.08. The first-order valence-electron chi connectivity index (χ1n) is 5.21. The van der Waals surface area contributed by atoms with Gasteiger partial charge in [0, 0.05) is 18.0 Å². The van der Waals surface area contributed by atoms with Gasteiger partial charge >= 0.3 is 6.18 Å². The molecule has 2 rings (SSSR count). The first kappa shape index (κ1) is 13.5. The van der Waals surface area contributed by atoms with E-state index in [2.05, 4.69) is 4.98 Å². The number of hydrogen-bond donors (Lipinski definition) is 0. The molecule has 0 saturated carbocycles. The standard InChI is InChI=1S/C13H7ClF3NO/c14-12(19)11-9(8-3-2-6-18-7-8)4-1-5-10(11)13(15,16)17/h1-7H. The van der Waals surface area contributed by atoms with Gasteiger partial charge in [-0.1, -0.05) is 18.2 Å². The van der Waals surface area contributed by atoms with E-state index in [4.69, 9.17) is 11.6 Å². The van der Waals surface area contributed by atoms with Crippen molar-refractivity contribution < 1.29 is 18.0 Å².